The Morgan fingerprint density at radius 3 is 2.57 bits per heavy atom. The average molecular weight is 196 g/mol. The zero-order valence-electron chi connectivity index (χ0n) is 9.63. The summed E-state index contributed by atoms with van der Waals surface area (Å²) < 4.78 is 0. The van der Waals surface area contributed by atoms with Gasteiger partial charge in [0.25, 0.3) is 0 Å². The zero-order chi connectivity index (χ0) is 9.97. The van der Waals surface area contributed by atoms with E-state index in [0.29, 0.717) is 0 Å². The Morgan fingerprint density at radius 1 is 1.21 bits per heavy atom. The van der Waals surface area contributed by atoms with E-state index in [4.69, 9.17) is 0 Å². The molecule has 2 rings (SSSR count). The van der Waals surface area contributed by atoms with Crippen molar-refractivity contribution in [2.24, 2.45) is 5.92 Å². The monoisotopic (exact) mass is 196 g/mol. The second kappa shape index (κ2) is 4.63. The van der Waals surface area contributed by atoms with Crippen molar-refractivity contribution in [3.63, 3.8) is 0 Å². The Bertz CT molecular complexity index is 175. The molecule has 1 saturated carbocycles. The topological polar surface area (TPSA) is 15.3 Å². The van der Waals surface area contributed by atoms with E-state index in [1.165, 1.54) is 45.3 Å². The van der Waals surface area contributed by atoms with Crippen molar-refractivity contribution < 1.29 is 0 Å². The second-order valence-electron chi connectivity index (χ2n) is 5.08. The smallest absolute Gasteiger partial charge is 0.0325 e. The molecule has 2 nitrogen and oxygen atoms in total. The number of nitrogens with one attached hydrogen (secondary N) is 1. The molecule has 82 valence electrons. The Morgan fingerprint density at radius 2 is 1.93 bits per heavy atom. The number of nitrogens with zero attached hydrogens (tertiary/aromatic N) is 1. The highest BCUT2D eigenvalue weighted by molar-refractivity contribution is 4.90. The van der Waals surface area contributed by atoms with E-state index in [9.17, 15) is 0 Å². The van der Waals surface area contributed by atoms with Gasteiger partial charge in [0.05, 0.1) is 0 Å². The van der Waals surface area contributed by atoms with Gasteiger partial charge in [-0.2, -0.15) is 0 Å². The molecular formula is C12H24N2. The van der Waals surface area contributed by atoms with Crippen LogP contribution in [0.2, 0.25) is 0 Å². The summed E-state index contributed by atoms with van der Waals surface area (Å²) in [5.41, 5.74) is 0. The first-order chi connectivity index (χ1) is 6.79. The molecule has 2 atom stereocenters. The predicted molar refractivity (Wildman–Crippen MR) is 60.5 cm³/mol. The van der Waals surface area contributed by atoms with E-state index in [0.717, 1.165) is 18.0 Å². The first-order valence-electron chi connectivity index (χ1n) is 6.28. The molecule has 2 heteroatoms. The fourth-order valence-corrected chi connectivity index (χ4v) is 2.80. The van der Waals surface area contributed by atoms with Crippen molar-refractivity contribution in [3.05, 3.63) is 0 Å². The van der Waals surface area contributed by atoms with Gasteiger partial charge in [0, 0.05) is 25.2 Å². The third-order valence-corrected chi connectivity index (χ3v) is 3.97. The van der Waals surface area contributed by atoms with E-state index >= 15 is 0 Å². The average Bonchev–Trinajstić information content (AvgIpc) is 2.13. The van der Waals surface area contributed by atoms with Crippen LogP contribution in [0.5, 0.6) is 0 Å². The standard InChI is InChI=1S/C12H24N2/c1-3-14-8-11(9-14)13-12-7-5-4-6-10(12)2/h10-13H,3-9H2,1-2H3. The number of likely N-dealkylation sites (tertiary alicyclic amines) is 1. The molecule has 2 aliphatic rings. The van der Waals surface area contributed by atoms with Gasteiger partial charge in [-0.3, -0.25) is 0 Å². The minimum atomic E-state index is 0.792. The van der Waals surface area contributed by atoms with Gasteiger partial charge >= 0.3 is 0 Å². The Kier molecular flexibility index (Phi) is 3.45. The van der Waals surface area contributed by atoms with Crippen molar-refractivity contribution in [3.8, 4) is 0 Å². The number of likely N-dealkylation sites (N-methyl/N-ethyl adjacent to an activating group) is 1. The molecule has 1 aliphatic heterocycles. The van der Waals surface area contributed by atoms with Crippen LogP contribution in [0.25, 0.3) is 0 Å². The summed E-state index contributed by atoms with van der Waals surface area (Å²) in [6.45, 7) is 8.43. The van der Waals surface area contributed by atoms with Crippen LogP contribution >= 0.6 is 0 Å². The predicted octanol–water partition coefficient (Wildman–Crippen LogP) is 1.86. The highest BCUT2D eigenvalue weighted by atomic mass is 15.2. The maximum atomic E-state index is 3.83. The summed E-state index contributed by atoms with van der Waals surface area (Å²) in [5.74, 6) is 0.902. The highest BCUT2D eigenvalue weighted by Gasteiger charge is 2.29. The summed E-state index contributed by atoms with van der Waals surface area (Å²) in [5, 5.41) is 3.83. The number of hydrogen-bond donors (Lipinski definition) is 1. The lowest BCUT2D eigenvalue weighted by atomic mass is 9.85. The largest absolute Gasteiger partial charge is 0.308 e. The van der Waals surface area contributed by atoms with Crippen LogP contribution in [0.3, 0.4) is 0 Å². The van der Waals surface area contributed by atoms with Gasteiger partial charge < -0.3 is 10.2 Å². The van der Waals surface area contributed by atoms with Crippen molar-refractivity contribution in [2.75, 3.05) is 19.6 Å². The minimum absolute atomic E-state index is 0.792. The molecule has 0 spiro atoms. The molecule has 0 bridgehead atoms. The van der Waals surface area contributed by atoms with Crippen LogP contribution in [0.4, 0.5) is 0 Å². The maximum Gasteiger partial charge on any atom is 0.0325 e. The normalized spacial score (nSPS) is 35.6. The lowest BCUT2D eigenvalue weighted by Crippen LogP contribution is -2.60. The third kappa shape index (κ3) is 2.29. The molecule has 14 heavy (non-hydrogen) atoms. The van der Waals surface area contributed by atoms with Crippen molar-refractivity contribution in [1.29, 1.82) is 0 Å². The molecular weight excluding hydrogens is 172 g/mol. The van der Waals surface area contributed by atoms with Gasteiger partial charge in [0.1, 0.15) is 0 Å². The summed E-state index contributed by atoms with van der Waals surface area (Å²) >= 11 is 0. The van der Waals surface area contributed by atoms with Gasteiger partial charge in [-0.1, -0.05) is 26.7 Å². The molecule has 2 fully saturated rings. The van der Waals surface area contributed by atoms with E-state index in [1.807, 2.05) is 0 Å². The van der Waals surface area contributed by atoms with Crippen LogP contribution in [0.1, 0.15) is 39.5 Å². The molecule has 0 radical (unpaired) electrons. The zero-order valence-corrected chi connectivity index (χ0v) is 9.63. The molecule has 2 unspecified atom stereocenters. The quantitative estimate of drug-likeness (QED) is 0.741. The molecule has 0 aromatic rings. The van der Waals surface area contributed by atoms with Crippen LogP contribution in [-0.4, -0.2) is 36.6 Å². The van der Waals surface area contributed by atoms with Crippen molar-refractivity contribution >= 4 is 0 Å². The Balaban J connectivity index is 1.69. The third-order valence-electron chi connectivity index (χ3n) is 3.97. The van der Waals surface area contributed by atoms with Crippen molar-refractivity contribution in [2.45, 2.75) is 51.6 Å². The summed E-state index contributed by atoms with van der Waals surface area (Å²) in [6.07, 6.45) is 5.73. The molecule has 1 N–H and O–H groups in total. The molecule has 1 heterocycles. The lowest BCUT2D eigenvalue weighted by Gasteiger charge is -2.43. The Hall–Kier alpha value is -0.0800. The van der Waals surface area contributed by atoms with Crippen LogP contribution in [0.15, 0.2) is 0 Å². The van der Waals surface area contributed by atoms with Gasteiger partial charge in [0.15, 0.2) is 0 Å². The SMILES string of the molecule is CCN1CC(NC2CCCCC2C)C1. The highest BCUT2D eigenvalue weighted by Crippen LogP contribution is 2.24. The first kappa shape index (κ1) is 10.4. The van der Waals surface area contributed by atoms with Gasteiger partial charge in [-0.05, 0) is 25.3 Å². The van der Waals surface area contributed by atoms with Gasteiger partial charge in [-0.15, -0.1) is 0 Å². The second-order valence-corrected chi connectivity index (χ2v) is 5.08. The fourth-order valence-electron chi connectivity index (χ4n) is 2.80. The van der Waals surface area contributed by atoms with Gasteiger partial charge in [-0.25, -0.2) is 0 Å². The van der Waals surface area contributed by atoms with E-state index in [1.54, 1.807) is 0 Å². The first-order valence-corrected chi connectivity index (χ1v) is 6.28. The number of rotatable bonds is 3. The fraction of sp³-hybridized carbons (Fsp3) is 1.00. The Labute approximate surface area is 88.1 Å². The van der Waals surface area contributed by atoms with E-state index in [2.05, 4.69) is 24.1 Å². The summed E-state index contributed by atoms with van der Waals surface area (Å²) in [7, 11) is 0. The van der Waals surface area contributed by atoms with Crippen LogP contribution in [-0.2, 0) is 0 Å². The lowest BCUT2D eigenvalue weighted by molar-refractivity contribution is 0.109. The maximum absolute atomic E-state index is 3.83. The van der Waals surface area contributed by atoms with E-state index in [-0.39, 0.29) is 0 Å². The number of hydrogen-bond acceptors (Lipinski definition) is 2. The van der Waals surface area contributed by atoms with Crippen LogP contribution < -0.4 is 5.32 Å². The van der Waals surface area contributed by atoms with E-state index < -0.39 is 0 Å². The molecule has 0 aromatic heterocycles. The minimum Gasteiger partial charge on any atom is -0.308 e. The summed E-state index contributed by atoms with van der Waals surface area (Å²) in [6, 6.07) is 1.60. The molecule has 1 saturated heterocycles. The molecule has 0 aromatic carbocycles. The molecule has 1 aliphatic carbocycles. The summed E-state index contributed by atoms with van der Waals surface area (Å²) in [4.78, 5) is 2.51. The van der Waals surface area contributed by atoms with Gasteiger partial charge in [0.2, 0.25) is 0 Å². The van der Waals surface area contributed by atoms with Crippen LogP contribution in [0, 0.1) is 5.92 Å². The molecule has 0 amide bonds. The van der Waals surface area contributed by atoms with Crippen molar-refractivity contribution in [1.82, 2.24) is 10.2 Å².